The van der Waals surface area contributed by atoms with Crippen LogP contribution in [0.5, 0.6) is 0 Å². The minimum Gasteiger partial charge on any atom is -0.444 e. The van der Waals surface area contributed by atoms with E-state index in [0.29, 0.717) is 50.8 Å². The van der Waals surface area contributed by atoms with Gasteiger partial charge in [-0.25, -0.2) is 13.6 Å². The molecule has 7 rings (SSSR count). The fraction of sp³-hybridized carbons (Fsp3) is 0.444. The normalized spacial score (nSPS) is 24.1. The number of dihydropyridines is 1. The van der Waals surface area contributed by atoms with E-state index in [0.717, 1.165) is 40.7 Å². The molecule has 2 fully saturated rings. The van der Waals surface area contributed by atoms with Gasteiger partial charge in [0.25, 0.3) is 0 Å². The molecule has 2 unspecified atom stereocenters. The van der Waals surface area contributed by atoms with Gasteiger partial charge in [0, 0.05) is 30.4 Å². The van der Waals surface area contributed by atoms with Crippen LogP contribution >= 0.6 is 0 Å². The van der Waals surface area contributed by atoms with Crippen molar-refractivity contribution in [2.24, 2.45) is 5.41 Å². The summed E-state index contributed by atoms with van der Waals surface area (Å²) in [6, 6.07) is 7.51. The minimum atomic E-state index is -1.23. The number of fused-ring (bicyclic) bond motifs is 2. The smallest absolute Gasteiger partial charge is 0.411 e. The fourth-order valence-corrected chi connectivity index (χ4v) is 8.06. The number of benzene rings is 2. The number of piperazine rings is 1. The first-order valence-corrected chi connectivity index (χ1v) is 16.4. The summed E-state index contributed by atoms with van der Waals surface area (Å²) in [4.78, 5) is 57.6. The Morgan fingerprint density at radius 1 is 1.02 bits per heavy atom. The number of hydrogen-bond donors (Lipinski definition) is 3. The molecule has 2 aliphatic carbocycles. The van der Waals surface area contributed by atoms with Crippen molar-refractivity contribution >= 4 is 29.5 Å². The molecule has 12 heteroatoms. The fourth-order valence-electron chi connectivity index (χ4n) is 8.06. The number of anilines is 1. The van der Waals surface area contributed by atoms with Crippen LogP contribution in [-0.2, 0) is 32.0 Å². The van der Waals surface area contributed by atoms with E-state index in [-0.39, 0.29) is 18.0 Å². The zero-order chi connectivity index (χ0) is 34.0. The van der Waals surface area contributed by atoms with E-state index in [4.69, 9.17) is 4.74 Å². The molecule has 48 heavy (non-hydrogen) atoms. The molecule has 4 amide bonds. The summed E-state index contributed by atoms with van der Waals surface area (Å²) in [6.45, 7) is 5.34. The molecular weight excluding hydrogens is 620 g/mol. The molecule has 2 aromatic carbocycles. The monoisotopic (exact) mass is 659 g/mol. The first kappa shape index (κ1) is 31.8. The lowest BCUT2D eigenvalue weighted by molar-refractivity contribution is -0.157. The molecule has 2 spiro atoms. The van der Waals surface area contributed by atoms with E-state index in [9.17, 15) is 28.0 Å². The quantitative estimate of drug-likeness (QED) is 0.441. The van der Waals surface area contributed by atoms with E-state index in [1.165, 1.54) is 9.80 Å². The molecule has 10 nitrogen and oxygen atoms in total. The summed E-state index contributed by atoms with van der Waals surface area (Å²) in [7, 11) is 0. The van der Waals surface area contributed by atoms with Gasteiger partial charge >= 0.3 is 6.09 Å². The Morgan fingerprint density at radius 2 is 1.73 bits per heavy atom. The third-order valence-electron chi connectivity index (χ3n) is 10.1. The van der Waals surface area contributed by atoms with Gasteiger partial charge in [-0.15, -0.1) is 0 Å². The number of halogens is 2. The lowest BCUT2D eigenvalue weighted by atomic mass is 9.78. The summed E-state index contributed by atoms with van der Waals surface area (Å²) in [5.41, 5.74) is 0.745. The van der Waals surface area contributed by atoms with Gasteiger partial charge in [0.05, 0.1) is 11.5 Å². The number of ether oxygens (including phenoxy) is 1. The second-order valence-electron chi connectivity index (χ2n) is 14.5. The Bertz CT molecular complexity index is 1770. The zero-order valence-corrected chi connectivity index (χ0v) is 27.3. The number of carbonyl (C=O) groups excluding carboxylic acids is 4. The summed E-state index contributed by atoms with van der Waals surface area (Å²) in [5, 5.41) is 9.11. The van der Waals surface area contributed by atoms with Crippen molar-refractivity contribution in [3.8, 4) is 0 Å². The van der Waals surface area contributed by atoms with Crippen molar-refractivity contribution in [1.82, 2.24) is 20.4 Å². The van der Waals surface area contributed by atoms with Crippen LogP contribution in [0, 0.1) is 17.0 Å². The molecule has 252 valence electrons. The summed E-state index contributed by atoms with van der Waals surface area (Å²) in [6.07, 6.45) is 6.49. The highest BCUT2D eigenvalue weighted by atomic mass is 19.1. The average molecular weight is 660 g/mol. The molecule has 1 saturated carbocycles. The number of carbonyl (C=O) groups is 4. The molecule has 1 saturated heterocycles. The third-order valence-corrected chi connectivity index (χ3v) is 10.1. The van der Waals surface area contributed by atoms with Crippen LogP contribution in [0.4, 0.5) is 19.3 Å². The number of amides is 4. The molecule has 0 bridgehead atoms. The lowest BCUT2D eigenvalue weighted by Gasteiger charge is -2.51. The Morgan fingerprint density at radius 3 is 2.44 bits per heavy atom. The topological polar surface area (TPSA) is 120 Å². The van der Waals surface area contributed by atoms with Gasteiger partial charge in [-0.05, 0) is 87.4 Å². The van der Waals surface area contributed by atoms with Crippen LogP contribution < -0.4 is 16.0 Å². The van der Waals surface area contributed by atoms with E-state index in [2.05, 4.69) is 16.0 Å². The van der Waals surface area contributed by atoms with Crippen molar-refractivity contribution in [3.05, 3.63) is 88.3 Å². The largest absolute Gasteiger partial charge is 0.444 e. The van der Waals surface area contributed by atoms with Gasteiger partial charge in [-0.2, -0.15) is 0 Å². The van der Waals surface area contributed by atoms with E-state index >= 15 is 0 Å². The molecule has 3 heterocycles. The number of rotatable bonds is 4. The van der Waals surface area contributed by atoms with E-state index < -0.39 is 58.7 Å². The predicted molar refractivity (Wildman–Crippen MR) is 172 cm³/mol. The molecule has 0 aromatic heterocycles. The molecule has 3 aliphatic heterocycles. The van der Waals surface area contributed by atoms with Gasteiger partial charge in [0.15, 0.2) is 0 Å². The molecule has 0 radical (unpaired) electrons. The second kappa shape index (κ2) is 11.5. The van der Waals surface area contributed by atoms with E-state index in [1.807, 2.05) is 24.3 Å². The highest BCUT2D eigenvalue weighted by molar-refractivity contribution is 5.98. The molecule has 5 aliphatic rings. The first-order valence-electron chi connectivity index (χ1n) is 16.4. The summed E-state index contributed by atoms with van der Waals surface area (Å²) < 4.78 is 34.7. The maximum atomic E-state index is 14.5. The van der Waals surface area contributed by atoms with Crippen molar-refractivity contribution in [1.29, 1.82) is 0 Å². The van der Waals surface area contributed by atoms with Crippen LogP contribution in [-0.4, -0.2) is 64.4 Å². The van der Waals surface area contributed by atoms with Crippen molar-refractivity contribution in [2.45, 2.75) is 76.5 Å². The molecule has 3 N–H and O–H groups in total. The van der Waals surface area contributed by atoms with Crippen LogP contribution in [0.25, 0.3) is 0 Å². The highest BCUT2D eigenvalue weighted by Gasteiger charge is 2.57. The number of allylic oxidation sites excluding steroid dienone is 1. The van der Waals surface area contributed by atoms with Gasteiger partial charge in [0.2, 0.25) is 17.7 Å². The Balaban J connectivity index is 1.15. The number of nitrogens with one attached hydrogen (secondary N) is 3. The summed E-state index contributed by atoms with van der Waals surface area (Å²) in [5.74, 6) is -1.93. The summed E-state index contributed by atoms with van der Waals surface area (Å²) >= 11 is 0. The highest BCUT2D eigenvalue weighted by Crippen LogP contribution is 2.48. The maximum absolute atomic E-state index is 14.5. The number of nitrogens with zero attached hydrogens (tertiary/aromatic N) is 2. The third kappa shape index (κ3) is 5.40. The van der Waals surface area contributed by atoms with Gasteiger partial charge in [0.1, 0.15) is 35.1 Å². The average Bonchev–Trinajstić information content (AvgIpc) is 3.71. The van der Waals surface area contributed by atoms with Crippen molar-refractivity contribution in [3.63, 3.8) is 0 Å². The Labute approximate surface area is 277 Å². The van der Waals surface area contributed by atoms with Crippen molar-refractivity contribution in [2.75, 3.05) is 25.0 Å². The van der Waals surface area contributed by atoms with Crippen LogP contribution in [0.15, 0.2) is 59.9 Å². The Hall–Kier alpha value is -4.74. The SMILES string of the molecule is CC(C)(C)OC(=O)N1CC(c2cc(F)cc(F)c2)N(CC(=O)Nc2ccc3c(c2)CC2(C3)C(=O)NC3=C2C=CCN3)C(=O)C12CCCC2. The van der Waals surface area contributed by atoms with Gasteiger partial charge in [-0.1, -0.05) is 31.1 Å². The molecular formula is C36H39F2N5O5. The molecule has 2 atom stereocenters. The van der Waals surface area contributed by atoms with Crippen molar-refractivity contribution < 1.29 is 32.7 Å². The maximum Gasteiger partial charge on any atom is 0.411 e. The standard InChI is InChI=1S/C36H39F2N5O5/c1-34(2,3)48-33(47)43-19-28(22-13-24(37)16-25(38)14-22)42(32(46)36(43)10-4-5-11-36)20-29(44)40-26-9-8-21-17-35(18-23(21)15-26)27-7-6-12-39-30(27)41-31(35)45/h6-9,13-16,28,39H,4-5,10-12,17-20H2,1-3H3,(H,40,44)(H,41,45). The minimum absolute atomic E-state index is 0.0574. The van der Waals surface area contributed by atoms with Crippen LogP contribution in [0.2, 0.25) is 0 Å². The lowest BCUT2D eigenvalue weighted by Crippen LogP contribution is -2.68. The van der Waals surface area contributed by atoms with E-state index in [1.54, 1.807) is 26.8 Å². The second-order valence-corrected chi connectivity index (χ2v) is 14.5. The van der Waals surface area contributed by atoms with Crippen LogP contribution in [0.3, 0.4) is 0 Å². The van der Waals surface area contributed by atoms with Gasteiger partial charge in [-0.3, -0.25) is 19.3 Å². The Kier molecular flexibility index (Phi) is 7.60. The van der Waals surface area contributed by atoms with Gasteiger partial charge < -0.3 is 25.6 Å². The number of hydrogen-bond acceptors (Lipinski definition) is 6. The van der Waals surface area contributed by atoms with Crippen LogP contribution in [0.1, 0.15) is 69.2 Å². The molecule has 2 aromatic rings. The predicted octanol–water partition coefficient (Wildman–Crippen LogP) is 4.62. The zero-order valence-electron chi connectivity index (χ0n) is 27.3. The first-order chi connectivity index (χ1) is 22.8.